The van der Waals surface area contributed by atoms with Crippen molar-refractivity contribution in [2.24, 2.45) is 5.41 Å². The van der Waals surface area contributed by atoms with Gasteiger partial charge in [0.15, 0.2) is 0 Å². The van der Waals surface area contributed by atoms with Crippen LogP contribution < -0.4 is 0 Å². The summed E-state index contributed by atoms with van der Waals surface area (Å²) in [6.07, 6.45) is 6.80. The number of ketones is 1. The van der Waals surface area contributed by atoms with Gasteiger partial charge in [-0.25, -0.2) is 9.78 Å². The van der Waals surface area contributed by atoms with Crippen LogP contribution in [0, 0.1) is 5.41 Å². The van der Waals surface area contributed by atoms with E-state index in [2.05, 4.69) is 4.98 Å². The van der Waals surface area contributed by atoms with Gasteiger partial charge in [-0.2, -0.15) is 0 Å². The minimum atomic E-state index is -0.494. The maximum atomic E-state index is 12.6. The van der Waals surface area contributed by atoms with Gasteiger partial charge in [-0.05, 0) is 32.3 Å². The van der Waals surface area contributed by atoms with E-state index >= 15 is 0 Å². The molecule has 1 fully saturated rings. The topological polar surface area (TPSA) is 61.2 Å². The van der Waals surface area contributed by atoms with Crippen molar-refractivity contribution < 1.29 is 14.3 Å². The third kappa shape index (κ3) is 3.50. The molecule has 0 amide bonds. The summed E-state index contributed by atoms with van der Waals surface area (Å²) in [5.74, 6) is -0.309. The van der Waals surface area contributed by atoms with E-state index in [1.807, 2.05) is 41.8 Å². The molecule has 3 rings (SSSR count). The molecule has 132 valence electrons. The van der Waals surface area contributed by atoms with Gasteiger partial charge in [0.25, 0.3) is 0 Å². The van der Waals surface area contributed by atoms with Crippen LogP contribution in [0.4, 0.5) is 0 Å². The molecule has 1 atom stereocenters. The zero-order valence-corrected chi connectivity index (χ0v) is 14.8. The van der Waals surface area contributed by atoms with E-state index in [0.29, 0.717) is 5.69 Å². The Labute approximate surface area is 148 Å². The number of carbonyl (C=O) groups excluding carboxylic acids is 2. The van der Waals surface area contributed by atoms with Gasteiger partial charge in [0.1, 0.15) is 18.1 Å². The van der Waals surface area contributed by atoms with Crippen molar-refractivity contribution in [3.63, 3.8) is 0 Å². The Kier molecular flexibility index (Phi) is 5.02. The molecule has 2 aromatic rings. The molecular weight excluding hydrogens is 316 g/mol. The van der Waals surface area contributed by atoms with Crippen molar-refractivity contribution in [2.45, 2.75) is 45.6 Å². The maximum Gasteiger partial charge on any atom is 0.356 e. The van der Waals surface area contributed by atoms with Crippen molar-refractivity contribution in [1.82, 2.24) is 9.55 Å². The molecule has 1 aromatic heterocycles. The highest BCUT2D eigenvalue weighted by Gasteiger charge is 2.40. The standard InChI is InChI=1S/C20H24N2O3/c1-15(17-8-4-3-5-9-17)22-14-21-12-18(22)19(24)25-13-20(16(2)23)10-6-7-11-20/h3-5,8-9,12,14-15H,6-7,10-11,13H2,1-2H3. The van der Waals surface area contributed by atoms with E-state index in [0.717, 1.165) is 31.2 Å². The zero-order valence-electron chi connectivity index (χ0n) is 14.8. The summed E-state index contributed by atoms with van der Waals surface area (Å²) in [6, 6.07) is 9.91. The smallest absolute Gasteiger partial charge is 0.356 e. The quantitative estimate of drug-likeness (QED) is 0.751. The SMILES string of the molecule is CC(=O)C1(COC(=O)c2cncn2C(C)c2ccccc2)CCCC1. The number of nitrogens with zero attached hydrogens (tertiary/aromatic N) is 2. The molecule has 1 saturated carbocycles. The van der Waals surface area contributed by atoms with Gasteiger partial charge in [0, 0.05) is 0 Å². The summed E-state index contributed by atoms with van der Waals surface area (Å²) < 4.78 is 7.35. The van der Waals surface area contributed by atoms with Gasteiger partial charge in [-0.15, -0.1) is 0 Å². The first-order valence-corrected chi connectivity index (χ1v) is 8.78. The van der Waals surface area contributed by atoms with Gasteiger partial charge in [0.05, 0.1) is 24.0 Å². The Morgan fingerprint density at radius 1 is 1.24 bits per heavy atom. The van der Waals surface area contributed by atoms with Crippen molar-refractivity contribution >= 4 is 11.8 Å². The number of hydrogen-bond donors (Lipinski definition) is 0. The molecule has 0 saturated heterocycles. The molecule has 5 heteroatoms. The molecule has 0 spiro atoms. The molecule has 0 aliphatic heterocycles. The Balaban J connectivity index is 1.74. The first-order valence-electron chi connectivity index (χ1n) is 8.78. The van der Waals surface area contributed by atoms with Crippen molar-refractivity contribution in [2.75, 3.05) is 6.61 Å². The number of hydrogen-bond acceptors (Lipinski definition) is 4. The monoisotopic (exact) mass is 340 g/mol. The summed E-state index contributed by atoms with van der Waals surface area (Å²) in [4.78, 5) is 28.7. The largest absolute Gasteiger partial charge is 0.460 e. The van der Waals surface area contributed by atoms with Crippen LogP contribution >= 0.6 is 0 Å². The molecule has 5 nitrogen and oxygen atoms in total. The van der Waals surface area contributed by atoms with Crippen LogP contribution in [-0.2, 0) is 9.53 Å². The van der Waals surface area contributed by atoms with E-state index in [4.69, 9.17) is 4.74 Å². The number of aromatic nitrogens is 2. The summed E-state index contributed by atoms with van der Waals surface area (Å²) >= 11 is 0. The Morgan fingerprint density at radius 3 is 2.56 bits per heavy atom. The number of esters is 1. The van der Waals surface area contributed by atoms with E-state index in [1.54, 1.807) is 13.3 Å². The summed E-state index contributed by atoms with van der Waals surface area (Å²) in [5, 5.41) is 0. The number of imidazole rings is 1. The lowest BCUT2D eigenvalue weighted by Crippen LogP contribution is -2.33. The average Bonchev–Trinajstić information content (AvgIpc) is 3.30. The van der Waals surface area contributed by atoms with Gasteiger partial charge >= 0.3 is 5.97 Å². The van der Waals surface area contributed by atoms with Gasteiger partial charge in [-0.1, -0.05) is 43.2 Å². The fraction of sp³-hybridized carbons (Fsp3) is 0.450. The van der Waals surface area contributed by atoms with Gasteiger partial charge in [-0.3, -0.25) is 4.79 Å². The lowest BCUT2D eigenvalue weighted by Gasteiger charge is -2.25. The number of rotatable bonds is 6. The highest BCUT2D eigenvalue weighted by molar-refractivity contribution is 5.88. The van der Waals surface area contributed by atoms with E-state index in [9.17, 15) is 9.59 Å². The second kappa shape index (κ2) is 7.21. The lowest BCUT2D eigenvalue weighted by atomic mass is 9.83. The molecule has 0 bridgehead atoms. The maximum absolute atomic E-state index is 12.6. The molecule has 0 radical (unpaired) electrons. The van der Waals surface area contributed by atoms with Crippen LogP contribution in [0.3, 0.4) is 0 Å². The van der Waals surface area contributed by atoms with Crippen molar-refractivity contribution in [1.29, 1.82) is 0 Å². The number of benzene rings is 1. The van der Waals surface area contributed by atoms with Crippen molar-refractivity contribution in [3.05, 3.63) is 54.1 Å². The molecular formula is C20H24N2O3. The third-order valence-corrected chi connectivity index (χ3v) is 5.36. The Morgan fingerprint density at radius 2 is 1.92 bits per heavy atom. The number of ether oxygens (including phenoxy) is 1. The second-order valence-electron chi connectivity index (χ2n) is 6.89. The molecule has 1 aromatic carbocycles. The van der Waals surface area contributed by atoms with Crippen LogP contribution in [0.15, 0.2) is 42.9 Å². The molecule has 1 aliphatic rings. The average molecular weight is 340 g/mol. The molecule has 0 N–H and O–H groups in total. The summed E-state index contributed by atoms with van der Waals surface area (Å²) in [7, 11) is 0. The first-order chi connectivity index (χ1) is 12.0. The Hall–Kier alpha value is -2.43. The molecule has 1 aliphatic carbocycles. The number of carbonyl (C=O) groups is 2. The predicted octanol–water partition coefficient (Wildman–Crippen LogP) is 3.80. The van der Waals surface area contributed by atoms with Gasteiger partial charge in [0.2, 0.25) is 0 Å². The van der Waals surface area contributed by atoms with E-state index < -0.39 is 11.4 Å². The zero-order chi connectivity index (χ0) is 17.9. The van der Waals surface area contributed by atoms with Crippen LogP contribution in [0.5, 0.6) is 0 Å². The molecule has 1 unspecified atom stereocenters. The van der Waals surface area contributed by atoms with E-state index in [1.165, 1.54) is 6.20 Å². The van der Waals surface area contributed by atoms with Crippen molar-refractivity contribution in [3.8, 4) is 0 Å². The fourth-order valence-electron chi connectivity index (χ4n) is 3.59. The molecule has 1 heterocycles. The minimum absolute atomic E-state index is 0.0282. The summed E-state index contributed by atoms with van der Waals surface area (Å²) in [6.45, 7) is 3.77. The molecule has 25 heavy (non-hydrogen) atoms. The lowest BCUT2D eigenvalue weighted by molar-refractivity contribution is -0.128. The first kappa shape index (κ1) is 17.4. The normalized spacial score (nSPS) is 17.2. The number of Topliss-reactive ketones (excluding diaryl/α,β-unsaturated/α-hetero) is 1. The highest BCUT2D eigenvalue weighted by atomic mass is 16.5. The highest BCUT2D eigenvalue weighted by Crippen LogP contribution is 2.39. The second-order valence-corrected chi connectivity index (χ2v) is 6.89. The van der Waals surface area contributed by atoms with Gasteiger partial charge < -0.3 is 9.30 Å². The van der Waals surface area contributed by atoms with Crippen LogP contribution in [0.1, 0.15) is 61.6 Å². The third-order valence-electron chi connectivity index (χ3n) is 5.36. The fourth-order valence-corrected chi connectivity index (χ4v) is 3.59. The predicted molar refractivity (Wildman–Crippen MR) is 94.3 cm³/mol. The van der Waals surface area contributed by atoms with Crippen LogP contribution in [0.25, 0.3) is 0 Å². The Bertz CT molecular complexity index is 745. The summed E-state index contributed by atoms with van der Waals surface area (Å²) in [5.41, 5.74) is 1.00. The minimum Gasteiger partial charge on any atom is -0.460 e. The van der Waals surface area contributed by atoms with Crippen LogP contribution in [-0.4, -0.2) is 27.9 Å². The van der Waals surface area contributed by atoms with E-state index in [-0.39, 0.29) is 18.4 Å². The van der Waals surface area contributed by atoms with Crippen LogP contribution in [0.2, 0.25) is 0 Å².